The highest BCUT2D eigenvalue weighted by molar-refractivity contribution is 6.16. The van der Waals surface area contributed by atoms with E-state index in [1.54, 1.807) is 0 Å². The number of fused-ring (bicyclic) bond motifs is 1. The van der Waals surface area contributed by atoms with Crippen LogP contribution in [0.15, 0.2) is 48.7 Å². The van der Waals surface area contributed by atoms with Crippen LogP contribution in [0.4, 0.5) is 0 Å². The normalized spacial score (nSPS) is 10.9. The van der Waals surface area contributed by atoms with E-state index in [0.29, 0.717) is 12.4 Å². The summed E-state index contributed by atoms with van der Waals surface area (Å²) in [4.78, 5) is 0. The molecule has 1 heterocycles. The van der Waals surface area contributed by atoms with Crippen LogP contribution in [0.3, 0.4) is 0 Å². The van der Waals surface area contributed by atoms with E-state index < -0.39 is 0 Å². The maximum atomic E-state index is 5.72. The van der Waals surface area contributed by atoms with Crippen molar-refractivity contribution in [2.24, 2.45) is 0 Å². The number of aromatic nitrogens is 3. The lowest BCUT2D eigenvalue weighted by atomic mass is 10.0. The van der Waals surface area contributed by atoms with E-state index in [9.17, 15) is 0 Å². The average molecular weight is 258 g/mol. The van der Waals surface area contributed by atoms with Crippen molar-refractivity contribution in [1.29, 1.82) is 0 Å². The summed E-state index contributed by atoms with van der Waals surface area (Å²) in [6, 6.07) is 14.6. The van der Waals surface area contributed by atoms with Crippen LogP contribution in [0.25, 0.3) is 10.8 Å². The average Bonchev–Trinajstić information content (AvgIpc) is 2.87. The lowest BCUT2D eigenvalue weighted by Gasteiger charge is -2.05. The predicted octanol–water partition coefficient (Wildman–Crippen LogP) is 3.22. The second-order valence-corrected chi connectivity index (χ2v) is 4.45. The number of rotatable bonds is 3. The van der Waals surface area contributed by atoms with E-state index in [-0.39, 0.29) is 0 Å². The summed E-state index contributed by atoms with van der Waals surface area (Å²) in [6.07, 6.45) is 1.88. The standard InChI is InChI=1S/C14H12ClN3/c15-8-13-10-18(17-16-13)9-12-6-3-5-11-4-1-2-7-14(11)12/h1-7,10H,8-9H2. The highest BCUT2D eigenvalue weighted by Gasteiger charge is 2.03. The van der Waals surface area contributed by atoms with E-state index in [1.807, 2.05) is 16.9 Å². The van der Waals surface area contributed by atoms with Crippen molar-refractivity contribution < 1.29 is 0 Å². The van der Waals surface area contributed by atoms with Gasteiger partial charge in [0.1, 0.15) is 0 Å². The molecule has 4 heteroatoms. The molecule has 3 aromatic rings. The van der Waals surface area contributed by atoms with E-state index >= 15 is 0 Å². The third-order valence-electron chi connectivity index (χ3n) is 2.94. The molecule has 0 aliphatic carbocycles. The zero-order chi connectivity index (χ0) is 12.4. The SMILES string of the molecule is ClCc1cn(Cc2cccc3ccccc23)nn1. The topological polar surface area (TPSA) is 30.7 Å². The van der Waals surface area contributed by atoms with Gasteiger partial charge in [-0.3, -0.25) is 0 Å². The van der Waals surface area contributed by atoms with Gasteiger partial charge in [0.25, 0.3) is 0 Å². The molecule has 1 aromatic heterocycles. The number of hydrogen-bond acceptors (Lipinski definition) is 2. The van der Waals surface area contributed by atoms with Gasteiger partial charge in [0.2, 0.25) is 0 Å². The Morgan fingerprint density at radius 2 is 1.89 bits per heavy atom. The molecule has 18 heavy (non-hydrogen) atoms. The molecular formula is C14H12ClN3. The summed E-state index contributed by atoms with van der Waals surface area (Å²) in [5.41, 5.74) is 2.04. The first-order valence-corrected chi connectivity index (χ1v) is 6.32. The highest BCUT2D eigenvalue weighted by atomic mass is 35.5. The zero-order valence-electron chi connectivity index (χ0n) is 9.75. The molecule has 0 amide bonds. The Morgan fingerprint density at radius 3 is 2.72 bits per heavy atom. The van der Waals surface area contributed by atoms with Gasteiger partial charge in [-0.05, 0) is 16.3 Å². The first-order valence-electron chi connectivity index (χ1n) is 5.78. The third kappa shape index (κ3) is 2.09. The van der Waals surface area contributed by atoms with Gasteiger partial charge in [-0.15, -0.1) is 16.7 Å². The van der Waals surface area contributed by atoms with E-state index in [2.05, 4.69) is 46.7 Å². The van der Waals surface area contributed by atoms with Gasteiger partial charge in [-0.2, -0.15) is 0 Å². The van der Waals surface area contributed by atoms with Gasteiger partial charge < -0.3 is 0 Å². The molecule has 3 nitrogen and oxygen atoms in total. The minimum Gasteiger partial charge on any atom is -0.248 e. The number of hydrogen-bond donors (Lipinski definition) is 0. The molecule has 0 N–H and O–H groups in total. The molecule has 3 rings (SSSR count). The van der Waals surface area contributed by atoms with Gasteiger partial charge in [-0.25, -0.2) is 4.68 Å². The van der Waals surface area contributed by atoms with Crippen LogP contribution in [-0.4, -0.2) is 15.0 Å². The summed E-state index contributed by atoms with van der Waals surface area (Å²) in [6.45, 7) is 0.714. The molecule has 0 unspecified atom stereocenters. The molecule has 90 valence electrons. The summed E-state index contributed by atoms with van der Waals surface area (Å²) in [7, 11) is 0. The number of benzene rings is 2. The van der Waals surface area contributed by atoms with Crippen molar-refractivity contribution in [3.8, 4) is 0 Å². The van der Waals surface area contributed by atoms with Crippen LogP contribution in [0.1, 0.15) is 11.3 Å². The van der Waals surface area contributed by atoms with Crippen LogP contribution in [0.5, 0.6) is 0 Å². The minimum absolute atomic E-state index is 0.398. The lowest BCUT2D eigenvalue weighted by Crippen LogP contribution is -2.01. The Balaban J connectivity index is 1.99. The highest BCUT2D eigenvalue weighted by Crippen LogP contribution is 2.19. The largest absolute Gasteiger partial charge is 0.248 e. The fourth-order valence-electron chi connectivity index (χ4n) is 2.08. The Bertz CT molecular complexity index is 670. The maximum absolute atomic E-state index is 5.72. The third-order valence-corrected chi connectivity index (χ3v) is 3.21. The summed E-state index contributed by atoms with van der Waals surface area (Å²) in [5.74, 6) is 0.398. The van der Waals surface area contributed by atoms with Crippen molar-refractivity contribution in [2.45, 2.75) is 12.4 Å². The van der Waals surface area contributed by atoms with Gasteiger partial charge >= 0.3 is 0 Å². The van der Waals surface area contributed by atoms with Crippen molar-refractivity contribution in [1.82, 2.24) is 15.0 Å². The van der Waals surface area contributed by atoms with Crippen molar-refractivity contribution in [3.63, 3.8) is 0 Å². The molecule has 0 bridgehead atoms. The number of halogens is 1. The maximum Gasteiger partial charge on any atom is 0.0974 e. The zero-order valence-corrected chi connectivity index (χ0v) is 10.5. The van der Waals surface area contributed by atoms with E-state index in [4.69, 9.17) is 11.6 Å². The van der Waals surface area contributed by atoms with Crippen molar-refractivity contribution in [2.75, 3.05) is 0 Å². The first-order chi connectivity index (χ1) is 8.86. The number of nitrogens with zero attached hydrogens (tertiary/aromatic N) is 3. The Labute approximate surface area is 110 Å². The van der Waals surface area contributed by atoms with Crippen LogP contribution in [-0.2, 0) is 12.4 Å². The number of alkyl halides is 1. The minimum atomic E-state index is 0.398. The molecule has 0 saturated carbocycles. The lowest BCUT2D eigenvalue weighted by molar-refractivity contribution is 0.652. The first kappa shape index (κ1) is 11.2. The van der Waals surface area contributed by atoms with E-state index in [0.717, 1.165) is 5.69 Å². The fraction of sp³-hybridized carbons (Fsp3) is 0.143. The molecule has 0 spiro atoms. The van der Waals surface area contributed by atoms with Crippen LogP contribution < -0.4 is 0 Å². The van der Waals surface area contributed by atoms with Crippen molar-refractivity contribution in [3.05, 3.63) is 59.9 Å². The van der Waals surface area contributed by atoms with Gasteiger partial charge in [0.05, 0.1) is 24.3 Å². The van der Waals surface area contributed by atoms with Gasteiger partial charge in [-0.1, -0.05) is 47.7 Å². The molecule has 2 aromatic carbocycles. The summed E-state index contributed by atoms with van der Waals surface area (Å²) >= 11 is 5.72. The van der Waals surface area contributed by atoms with Gasteiger partial charge in [0.15, 0.2) is 0 Å². The van der Waals surface area contributed by atoms with Gasteiger partial charge in [0, 0.05) is 0 Å². The molecule has 0 aliphatic rings. The molecule has 0 fully saturated rings. The Morgan fingerprint density at radius 1 is 1.06 bits per heavy atom. The van der Waals surface area contributed by atoms with Crippen molar-refractivity contribution >= 4 is 22.4 Å². The fourth-order valence-corrected chi connectivity index (χ4v) is 2.20. The van der Waals surface area contributed by atoms with Crippen LogP contribution in [0.2, 0.25) is 0 Å². The second-order valence-electron chi connectivity index (χ2n) is 4.18. The van der Waals surface area contributed by atoms with Crippen LogP contribution in [0, 0.1) is 0 Å². The Kier molecular flexibility index (Phi) is 2.99. The van der Waals surface area contributed by atoms with E-state index in [1.165, 1.54) is 16.3 Å². The summed E-state index contributed by atoms with van der Waals surface area (Å²) in [5, 5.41) is 10.6. The molecule has 0 radical (unpaired) electrons. The summed E-state index contributed by atoms with van der Waals surface area (Å²) < 4.78 is 1.82. The van der Waals surface area contributed by atoms with Crippen LogP contribution >= 0.6 is 11.6 Å². The smallest absolute Gasteiger partial charge is 0.0974 e. The monoisotopic (exact) mass is 257 g/mol. The molecular weight excluding hydrogens is 246 g/mol. The second kappa shape index (κ2) is 4.78. The molecule has 0 saturated heterocycles. The molecule has 0 aliphatic heterocycles. The Hall–Kier alpha value is -1.87. The predicted molar refractivity (Wildman–Crippen MR) is 72.6 cm³/mol. The quantitative estimate of drug-likeness (QED) is 0.675. The molecule has 0 atom stereocenters.